The van der Waals surface area contributed by atoms with Crippen molar-refractivity contribution < 1.29 is 14.6 Å². The second kappa shape index (κ2) is 6.73. The van der Waals surface area contributed by atoms with Gasteiger partial charge in [-0.25, -0.2) is 4.79 Å². The lowest BCUT2D eigenvalue weighted by Crippen LogP contribution is -2.39. The highest BCUT2D eigenvalue weighted by atomic mass is 16.5. The molecule has 1 atom stereocenters. The first-order valence-corrected chi connectivity index (χ1v) is 7.43. The SMILES string of the molecule is O=C(O)c1cccc(CN2CCOCC2c2ccccc2)c1. The summed E-state index contributed by atoms with van der Waals surface area (Å²) in [6.07, 6.45) is 0. The van der Waals surface area contributed by atoms with Crippen molar-refractivity contribution in [1.29, 1.82) is 0 Å². The number of carbonyl (C=O) groups is 1. The van der Waals surface area contributed by atoms with Crippen LogP contribution in [0.2, 0.25) is 0 Å². The maximum Gasteiger partial charge on any atom is 0.335 e. The van der Waals surface area contributed by atoms with Crippen LogP contribution in [0.4, 0.5) is 0 Å². The van der Waals surface area contributed by atoms with Gasteiger partial charge in [0.05, 0.1) is 24.8 Å². The van der Waals surface area contributed by atoms with Crippen LogP contribution in [0.15, 0.2) is 54.6 Å². The molecular formula is C18H19NO3. The van der Waals surface area contributed by atoms with Crippen molar-refractivity contribution in [3.05, 3.63) is 71.3 Å². The van der Waals surface area contributed by atoms with Gasteiger partial charge < -0.3 is 9.84 Å². The largest absolute Gasteiger partial charge is 0.478 e. The summed E-state index contributed by atoms with van der Waals surface area (Å²) in [5, 5.41) is 9.11. The van der Waals surface area contributed by atoms with Gasteiger partial charge >= 0.3 is 5.97 Å². The highest BCUT2D eigenvalue weighted by Gasteiger charge is 2.24. The minimum absolute atomic E-state index is 0.212. The highest BCUT2D eigenvalue weighted by molar-refractivity contribution is 5.87. The number of benzene rings is 2. The van der Waals surface area contributed by atoms with E-state index in [0.717, 1.165) is 18.7 Å². The molecule has 2 aromatic rings. The van der Waals surface area contributed by atoms with Gasteiger partial charge in [-0.3, -0.25) is 4.90 Å². The van der Waals surface area contributed by atoms with Gasteiger partial charge in [0.15, 0.2) is 0 Å². The van der Waals surface area contributed by atoms with Crippen LogP contribution in [0.5, 0.6) is 0 Å². The normalized spacial score (nSPS) is 19.0. The number of carboxylic acids is 1. The van der Waals surface area contributed by atoms with Crippen LogP contribution in [-0.4, -0.2) is 35.7 Å². The molecular weight excluding hydrogens is 278 g/mol. The summed E-state index contributed by atoms with van der Waals surface area (Å²) >= 11 is 0. The van der Waals surface area contributed by atoms with Crippen molar-refractivity contribution in [3.63, 3.8) is 0 Å². The topological polar surface area (TPSA) is 49.8 Å². The standard InChI is InChI=1S/C18H19NO3/c20-18(21)16-8-4-5-14(11-16)12-19-9-10-22-13-17(19)15-6-2-1-3-7-15/h1-8,11,17H,9-10,12-13H2,(H,20,21). The molecule has 0 amide bonds. The van der Waals surface area contributed by atoms with Crippen LogP contribution in [0.3, 0.4) is 0 Å². The smallest absolute Gasteiger partial charge is 0.335 e. The molecule has 0 radical (unpaired) electrons. The molecule has 1 aliphatic rings. The Labute approximate surface area is 130 Å². The highest BCUT2D eigenvalue weighted by Crippen LogP contribution is 2.25. The van der Waals surface area contributed by atoms with Gasteiger partial charge in [0, 0.05) is 13.1 Å². The third-order valence-electron chi connectivity index (χ3n) is 3.98. The van der Waals surface area contributed by atoms with E-state index in [1.54, 1.807) is 18.2 Å². The number of ether oxygens (including phenoxy) is 1. The number of nitrogens with zero attached hydrogens (tertiary/aromatic N) is 1. The van der Waals surface area contributed by atoms with Crippen molar-refractivity contribution in [2.24, 2.45) is 0 Å². The molecule has 1 unspecified atom stereocenters. The van der Waals surface area contributed by atoms with Crippen molar-refractivity contribution in [2.45, 2.75) is 12.6 Å². The van der Waals surface area contributed by atoms with E-state index in [9.17, 15) is 4.79 Å². The molecule has 3 rings (SSSR count). The van der Waals surface area contributed by atoms with Crippen molar-refractivity contribution in [2.75, 3.05) is 19.8 Å². The molecule has 4 heteroatoms. The maximum atomic E-state index is 11.1. The third kappa shape index (κ3) is 3.35. The Morgan fingerprint density at radius 2 is 2.00 bits per heavy atom. The van der Waals surface area contributed by atoms with E-state index in [1.165, 1.54) is 5.56 Å². The molecule has 0 aromatic heterocycles. The van der Waals surface area contributed by atoms with E-state index in [2.05, 4.69) is 17.0 Å². The molecule has 4 nitrogen and oxygen atoms in total. The zero-order valence-corrected chi connectivity index (χ0v) is 12.3. The summed E-state index contributed by atoms with van der Waals surface area (Å²) in [4.78, 5) is 13.4. The molecule has 0 aliphatic carbocycles. The number of morpholine rings is 1. The summed E-state index contributed by atoms with van der Waals surface area (Å²) in [5.41, 5.74) is 2.58. The Balaban J connectivity index is 1.80. The van der Waals surface area contributed by atoms with Gasteiger partial charge in [-0.2, -0.15) is 0 Å². The number of hydrogen-bond acceptors (Lipinski definition) is 3. The molecule has 2 aromatic carbocycles. The van der Waals surface area contributed by atoms with E-state index in [0.29, 0.717) is 18.8 Å². The first kappa shape index (κ1) is 14.8. The molecule has 1 fully saturated rings. The van der Waals surface area contributed by atoms with Gasteiger partial charge in [-0.05, 0) is 23.3 Å². The van der Waals surface area contributed by atoms with Crippen molar-refractivity contribution in [3.8, 4) is 0 Å². The van der Waals surface area contributed by atoms with E-state index in [-0.39, 0.29) is 6.04 Å². The lowest BCUT2D eigenvalue weighted by Gasteiger charge is -2.36. The molecule has 0 spiro atoms. The van der Waals surface area contributed by atoms with Gasteiger partial charge in [-0.1, -0.05) is 42.5 Å². The molecule has 22 heavy (non-hydrogen) atoms. The minimum Gasteiger partial charge on any atom is -0.478 e. The zero-order chi connectivity index (χ0) is 15.4. The number of aromatic carboxylic acids is 1. The second-order valence-corrected chi connectivity index (χ2v) is 5.48. The number of rotatable bonds is 4. The lowest BCUT2D eigenvalue weighted by molar-refractivity contribution is -0.0127. The Kier molecular flexibility index (Phi) is 4.51. The molecule has 114 valence electrons. The lowest BCUT2D eigenvalue weighted by atomic mass is 10.0. The summed E-state index contributed by atoms with van der Waals surface area (Å²) in [6, 6.07) is 17.7. The number of carboxylic acid groups (broad SMARTS) is 1. The fourth-order valence-corrected chi connectivity index (χ4v) is 2.85. The second-order valence-electron chi connectivity index (χ2n) is 5.48. The van der Waals surface area contributed by atoms with Crippen LogP contribution < -0.4 is 0 Å². The zero-order valence-electron chi connectivity index (χ0n) is 12.3. The minimum atomic E-state index is -0.886. The monoisotopic (exact) mass is 297 g/mol. The van der Waals surface area contributed by atoms with Gasteiger partial charge in [-0.15, -0.1) is 0 Å². The van der Waals surface area contributed by atoms with Crippen LogP contribution in [0, 0.1) is 0 Å². The van der Waals surface area contributed by atoms with E-state index < -0.39 is 5.97 Å². The fourth-order valence-electron chi connectivity index (χ4n) is 2.85. The summed E-state index contributed by atoms with van der Waals surface area (Å²) < 4.78 is 5.63. The van der Waals surface area contributed by atoms with Gasteiger partial charge in [0.2, 0.25) is 0 Å². The Bertz CT molecular complexity index is 642. The molecule has 1 heterocycles. The Morgan fingerprint density at radius 1 is 1.18 bits per heavy atom. The summed E-state index contributed by atoms with van der Waals surface area (Å²) in [6.45, 7) is 2.95. The fraction of sp³-hybridized carbons (Fsp3) is 0.278. The van der Waals surface area contributed by atoms with E-state index >= 15 is 0 Å². The van der Waals surface area contributed by atoms with Crippen molar-refractivity contribution >= 4 is 5.97 Å². The van der Waals surface area contributed by atoms with Gasteiger partial charge in [0.1, 0.15) is 0 Å². The van der Waals surface area contributed by atoms with Crippen molar-refractivity contribution in [1.82, 2.24) is 4.90 Å². The van der Waals surface area contributed by atoms with Crippen LogP contribution in [-0.2, 0) is 11.3 Å². The van der Waals surface area contributed by atoms with E-state index in [1.807, 2.05) is 24.3 Å². The Hall–Kier alpha value is -2.17. The van der Waals surface area contributed by atoms with Crippen LogP contribution in [0.1, 0.15) is 27.5 Å². The van der Waals surface area contributed by atoms with Crippen LogP contribution in [0.25, 0.3) is 0 Å². The average Bonchev–Trinajstić information content (AvgIpc) is 2.56. The number of hydrogen-bond donors (Lipinski definition) is 1. The predicted molar refractivity (Wildman–Crippen MR) is 83.8 cm³/mol. The summed E-state index contributed by atoms with van der Waals surface area (Å²) in [7, 11) is 0. The van der Waals surface area contributed by atoms with Crippen LogP contribution >= 0.6 is 0 Å². The predicted octanol–water partition coefficient (Wildman–Crippen LogP) is 2.96. The molecule has 1 aliphatic heterocycles. The van der Waals surface area contributed by atoms with Gasteiger partial charge in [0.25, 0.3) is 0 Å². The molecule has 1 N–H and O–H groups in total. The molecule has 0 bridgehead atoms. The molecule has 1 saturated heterocycles. The first-order valence-electron chi connectivity index (χ1n) is 7.43. The first-order chi connectivity index (χ1) is 10.7. The summed E-state index contributed by atoms with van der Waals surface area (Å²) in [5.74, 6) is -0.886. The average molecular weight is 297 g/mol. The van der Waals surface area contributed by atoms with E-state index in [4.69, 9.17) is 9.84 Å². The third-order valence-corrected chi connectivity index (χ3v) is 3.98. The quantitative estimate of drug-likeness (QED) is 0.942. The maximum absolute atomic E-state index is 11.1. The molecule has 0 saturated carbocycles. The Morgan fingerprint density at radius 3 is 2.77 bits per heavy atom.